The second-order valence-corrected chi connectivity index (χ2v) is 6.36. The highest BCUT2D eigenvalue weighted by molar-refractivity contribution is 6.01. The van der Waals surface area contributed by atoms with Gasteiger partial charge in [0.05, 0.1) is 19.9 Å². The van der Waals surface area contributed by atoms with E-state index in [1.54, 1.807) is 37.0 Å². The Morgan fingerprint density at radius 1 is 1.17 bits per heavy atom. The molecule has 1 saturated heterocycles. The van der Waals surface area contributed by atoms with Gasteiger partial charge >= 0.3 is 0 Å². The van der Waals surface area contributed by atoms with Crippen molar-refractivity contribution in [3.63, 3.8) is 0 Å². The normalized spacial score (nSPS) is 21.5. The molecule has 1 aliphatic carbocycles. The number of piperazine rings is 1. The molecular formula is C18H24N2O4. The minimum Gasteiger partial charge on any atom is -0.497 e. The van der Waals surface area contributed by atoms with Crippen LogP contribution in [0.5, 0.6) is 11.5 Å². The summed E-state index contributed by atoms with van der Waals surface area (Å²) in [4.78, 5) is 28.8. The van der Waals surface area contributed by atoms with Gasteiger partial charge in [-0.3, -0.25) is 9.59 Å². The largest absolute Gasteiger partial charge is 0.497 e. The van der Waals surface area contributed by atoms with Gasteiger partial charge in [0.15, 0.2) is 0 Å². The quantitative estimate of drug-likeness (QED) is 0.847. The fourth-order valence-corrected chi connectivity index (χ4v) is 3.31. The maximum atomic E-state index is 12.8. The summed E-state index contributed by atoms with van der Waals surface area (Å²) in [6.07, 6.45) is 3.01. The van der Waals surface area contributed by atoms with Gasteiger partial charge in [-0.15, -0.1) is 0 Å². The van der Waals surface area contributed by atoms with E-state index in [4.69, 9.17) is 9.47 Å². The van der Waals surface area contributed by atoms with Gasteiger partial charge in [-0.1, -0.05) is 6.42 Å². The van der Waals surface area contributed by atoms with E-state index in [0.29, 0.717) is 30.3 Å². The summed E-state index contributed by atoms with van der Waals surface area (Å²) >= 11 is 0. The SMILES string of the molecule is COc1ccc(N2CCN(C(=O)C3CCC3)C(C)C2=O)c(OC)c1. The Bertz CT molecular complexity index is 642. The van der Waals surface area contributed by atoms with Gasteiger partial charge in [-0.05, 0) is 31.9 Å². The Morgan fingerprint density at radius 3 is 2.50 bits per heavy atom. The van der Waals surface area contributed by atoms with Crippen LogP contribution in [0.1, 0.15) is 26.2 Å². The summed E-state index contributed by atoms with van der Waals surface area (Å²) in [5.41, 5.74) is 0.714. The van der Waals surface area contributed by atoms with Gasteiger partial charge in [0.2, 0.25) is 11.8 Å². The molecule has 1 saturated carbocycles. The van der Waals surface area contributed by atoms with Gasteiger partial charge in [0.1, 0.15) is 17.5 Å². The maximum Gasteiger partial charge on any atom is 0.249 e. The van der Waals surface area contributed by atoms with Crippen molar-refractivity contribution in [3.05, 3.63) is 18.2 Å². The molecule has 6 heteroatoms. The second-order valence-electron chi connectivity index (χ2n) is 6.36. The van der Waals surface area contributed by atoms with Gasteiger partial charge in [0.25, 0.3) is 0 Å². The third-order valence-corrected chi connectivity index (χ3v) is 5.07. The van der Waals surface area contributed by atoms with Crippen LogP contribution in [0, 0.1) is 5.92 Å². The zero-order chi connectivity index (χ0) is 17.3. The molecule has 2 aliphatic rings. The van der Waals surface area contributed by atoms with Gasteiger partial charge in [0, 0.05) is 25.1 Å². The molecule has 1 aliphatic heterocycles. The minimum absolute atomic E-state index is 0.0719. The Morgan fingerprint density at radius 2 is 1.92 bits per heavy atom. The number of carbonyl (C=O) groups excluding carboxylic acids is 2. The average molecular weight is 332 g/mol. The molecule has 24 heavy (non-hydrogen) atoms. The number of anilines is 1. The van der Waals surface area contributed by atoms with Gasteiger partial charge in [-0.2, -0.15) is 0 Å². The van der Waals surface area contributed by atoms with Crippen LogP contribution in [-0.2, 0) is 9.59 Å². The van der Waals surface area contributed by atoms with Crippen molar-refractivity contribution in [1.29, 1.82) is 0 Å². The van der Waals surface area contributed by atoms with Crippen molar-refractivity contribution in [2.75, 3.05) is 32.2 Å². The van der Waals surface area contributed by atoms with Crippen LogP contribution in [0.4, 0.5) is 5.69 Å². The Balaban J connectivity index is 1.79. The molecule has 0 spiro atoms. The lowest BCUT2D eigenvalue weighted by Crippen LogP contribution is -2.59. The maximum absolute atomic E-state index is 12.8. The predicted molar refractivity (Wildman–Crippen MR) is 90.4 cm³/mol. The Labute approximate surface area is 142 Å². The third-order valence-electron chi connectivity index (χ3n) is 5.07. The zero-order valence-corrected chi connectivity index (χ0v) is 14.4. The highest BCUT2D eigenvalue weighted by Gasteiger charge is 2.39. The van der Waals surface area contributed by atoms with Crippen LogP contribution in [0.15, 0.2) is 18.2 Å². The summed E-state index contributed by atoms with van der Waals surface area (Å²) < 4.78 is 10.6. The topological polar surface area (TPSA) is 59.1 Å². The molecule has 6 nitrogen and oxygen atoms in total. The first-order valence-electron chi connectivity index (χ1n) is 8.40. The minimum atomic E-state index is -0.446. The van der Waals surface area contributed by atoms with Crippen molar-refractivity contribution in [2.45, 2.75) is 32.2 Å². The number of rotatable bonds is 4. The van der Waals surface area contributed by atoms with Gasteiger partial charge in [-0.25, -0.2) is 0 Å². The van der Waals surface area contributed by atoms with E-state index in [1.807, 2.05) is 12.1 Å². The number of amides is 2. The number of hydrogen-bond donors (Lipinski definition) is 0. The predicted octanol–water partition coefficient (Wildman–Crippen LogP) is 2.07. The molecule has 1 unspecified atom stereocenters. The van der Waals surface area contributed by atoms with Crippen LogP contribution in [0.25, 0.3) is 0 Å². The number of benzene rings is 1. The van der Waals surface area contributed by atoms with Crippen LogP contribution < -0.4 is 14.4 Å². The molecule has 130 valence electrons. The fraction of sp³-hybridized carbons (Fsp3) is 0.556. The van der Waals surface area contributed by atoms with E-state index >= 15 is 0 Å². The number of hydrogen-bond acceptors (Lipinski definition) is 4. The molecule has 0 N–H and O–H groups in total. The summed E-state index contributed by atoms with van der Waals surface area (Å²) in [6.45, 7) is 2.84. The fourth-order valence-electron chi connectivity index (χ4n) is 3.31. The van der Waals surface area contributed by atoms with Crippen molar-refractivity contribution in [2.24, 2.45) is 5.92 Å². The average Bonchev–Trinajstić information content (AvgIpc) is 2.55. The van der Waals surface area contributed by atoms with Crippen molar-refractivity contribution in [3.8, 4) is 11.5 Å². The summed E-state index contributed by atoms with van der Waals surface area (Å²) in [5.74, 6) is 1.44. The molecule has 1 aromatic rings. The molecule has 0 aromatic heterocycles. The van der Waals surface area contributed by atoms with Crippen molar-refractivity contribution in [1.82, 2.24) is 4.90 Å². The van der Waals surface area contributed by atoms with E-state index in [1.165, 1.54) is 0 Å². The van der Waals surface area contributed by atoms with E-state index in [9.17, 15) is 9.59 Å². The molecule has 1 aromatic carbocycles. The molecule has 0 bridgehead atoms. The second kappa shape index (κ2) is 6.71. The number of carbonyl (C=O) groups is 2. The first-order valence-corrected chi connectivity index (χ1v) is 8.40. The smallest absolute Gasteiger partial charge is 0.249 e. The summed E-state index contributed by atoms with van der Waals surface area (Å²) in [6, 6.07) is 4.95. The molecular weight excluding hydrogens is 308 g/mol. The van der Waals surface area contributed by atoms with E-state index in [0.717, 1.165) is 19.3 Å². The highest BCUT2D eigenvalue weighted by atomic mass is 16.5. The lowest BCUT2D eigenvalue weighted by Gasteiger charge is -2.42. The zero-order valence-electron chi connectivity index (χ0n) is 14.4. The number of nitrogens with zero attached hydrogens (tertiary/aromatic N) is 2. The van der Waals surface area contributed by atoms with Crippen molar-refractivity contribution < 1.29 is 19.1 Å². The molecule has 1 heterocycles. The van der Waals surface area contributed by atoms with Crippen LogP contribution in [0.3, 0.4) is 0 Å². The summed E-state index contributed by atoms with van der Waals surface area (Å²) in [5, 5.41) is 0. The van der Waals surface area contributed by atoms with E-state index in [2.05, 4.69) is 0 Å². The lowest BCUT2D eigenvalue weighted by molar-refractivity contribution is -0.146. The number of methoxy groups -OCH3 is 2. The molecule has 1 atom stereocenters. The van der Waals surface area contributed by atoms with Crippen molar-refractivity contribution >= 4 is 17.5 Å². The lowest BCUT2D eigenvalue weighted by atomic mass is 9.84. The molecule has 2 fully saturated rings. The van der Waals surface area contributed by atoms with Crippen LogP contribution in [0.2, 0.25) is 0 Å². The van der Waals surface area contributed by atoms with Gasteiger partial charge < -0.3 is 19.3 Å². The van der Waals surface area contributed by atoms with E-state index in [-0.39, 0.29) is 17.7 Å². The van der Waals surface area contributed by atoms with E-state index < -0.39 is 6.04 Å². The van der Waals surface area contributed by atoms with Crippen LogP contribution in [-0.4, -0.2) is 50.1 Å². The monoisotopic (exact) mass is 332 g/mol. The molecule has 2 amide bonds. The Hall–Kier alpha value is -2.24. The highest BCUT2D eigenvalue weighted by Crippen LogP contribution is 2.35. The first kappa shape index (κ1) is 16.6. The molecule has 3 rings (SSSR count). The summed E-state index contributed by atoms with van der Waals surface area (Å²) in [7, 11) is 3.16. The molecule has 0 radical (unpaired) electrons. The third kappa shape index (κ3) is 2.81. The number of ether oxygens (including phenoxy) is 2. The Kier molecular flexibility index (Phi) is 4.64. The first-order chi connectivity index (χ1) is 11.6. The van der Waals surface area contributed by atoms with Crippen LogP contribution >= 0.6 is 0 Å². The standard InChI is InChI=1S/C18H24N2O4/c1-12-17(21)20(10-9-19(12)18(22)13-5-4-6-13)15-8-7-14(23-2)11-16(15)24-3/h7-8,11-13H,4-6,9-10H2,1-3H3.